The molecule has 0 saturated carbocycles. The highest BCUT2D eigenvalue weighted by atomic mass is 79.9. The molecule has 0 bridgehead atoms. The predicted octanol–water partition coefficient (Wildman–Crippen LogP) is 2.78. The predicted molar refractivity (Wildman–Crippen MR) is 37.6 cm³/mol. The normalized spacial score (nSPS) is 9.43. The zero-order chi connectivity index (χ0) is 5.54. The van der Waals surface area contributed by atoms with Gasteiger partial charge in [0, 0.05) is 5.33 Å². The molecule has 1 radical (unpaired) electrons. The molecule has 0 rings (SSSR count). The molecule has 0 spiro atoms. The molecule has 0 amide bonds. The summed E-state index contributed by atoms with van der Waals surface area (Å²) in [5.41, 5.74) is 0. The van der Waals surface area contributed by atoms with Crippen LogP contribution in [0.2, 0.25) is 0 Å². The maximum atomic E-state index is 3.36. The zero-order valence-corrected chi connectivity index (χ0v) is 6.37. The molecule has 0 N–H and O–H groups in total. The van der Waals surface area contributed by atoms with Crippen LogP contribution in [0.5, 0.6) is 0 Å². The second-order valence-electron chi connectivity index (χ2n) is 1.53. The number of rotatable bonds is 4. The molecule has 0 aliphatic carbocycles. The summed E-state index contributed by atoms with van der Waals surface area (Å²) in [7, 11) is 0. The average molecular weight is 164 g/mol. The van der Waals surface area contributed by atoms with Crippen LogP contribution in [0.1, 0.15) is 26.2 Å². The van der Waals surface area contributed by atoms with E-state index in [1.54, 1.807) is 0 Å². The van der Waals surface area contributed by atoms with Gasteiger partial charge in [-0.15, -0.1) is 0 Å². The van der Waals surface area contributed by atoms with Gasteiger partial charge in [-0.2, -0.15) is 0 Å². The van der Waals surface area contributed by atoms with Gasteiger partial charge in [-0.25, -0.2) is 0 Å². The lowest BCUT2D eigenvalue weighted by atomic mass is 10.2. The van der Waals surface area contributed by atoms with Crippen LogP contribution in [0, 0.1) is 6.42 Å². The molecule has 7 heavy (non-hydrogen) atoms. The summed E-state index contributed by atoms with van der Waals surface area (Å²) in [4.78, 5) is 0. The first-order valence-electron chi connectivity index (χ1n) is 2.79. The van der Waals surface area contributed by atoms with Gasteiger partial charge < -0.3 is 0 Å². The minimum atomic E-state index is 1.14. The van der Waals surface area contributed by atoms with Crippen molar-refractivity contribution in [3.05, 3.63) is 6.42 Å². The standard InChI is InChI=1S/C6H12Br/c1-2-3-4-5-6-7/h3H,2,4-6H2,1H3. The highest BCUT2D eigenvalue weighted by Gasteiger charge is 1.81. The van der Waals surface area contributed by atoms with Crippen molar-refractivity contribution in [1.29, 1.82) is 0 Å². The van der Waals surface area contributed by atoms with Crippen LogP contribution in [-0.4, -0.2) is 5.33 Å². The lowest BCUT2D eigenvalue weighted by Crippen LogP contribution is -1.75. The number of unbranched alkanes of at least 4 members (excludes halogenated alkanes) is 3. The Morgan fingerprint density at radius 1 is 1.57 bits per heavy atom. The zero-order valence-electron chi connectivity index (χ0n) is 4.78. The molecule has 0 aromatic heterocycles. The lowest BCUT2D eigenvalue weighted by molar-refractivity contribution is 0.864. The van der Waals surface area contributed by atoms with Crippen LogP contribution >= 0.6 is 15.9 Å². The minimum absolute atomic E-state index is 1.14. The maximum absolute atomic E-state index is 3.36. The summed E-state index contributed by atoms with van der Waals surface area (Å²) in [6.07, 6.45) is 6.07. The largest absolute Gasteiger partial charge is 0.0928 e. The molecular formula is C6H12Br. The Morgan fingerprint density at radius 2 is 2.29 bits per heavy atom. The molecule has 0 saturated heterocycles. The lowest BCUT2D eigenvalue weighted by Gasteiger charge is -1.89. The van der Waals surface area contributed by atoms with Gasteiger partial charge in [0.2, 0.25) is 0 Å². The van der Waals surface area contributed by atoms with E-state index in [1.165, 1.54) is 19.3 Å². The topological polar surface area (TPSA) is 0 Å². The van der Waals surface area contributed by atoms with Crippen molar-refractivity contribution in [2.75, 3.05) is 5.33 Å². The molecule has 0 unspecified atom stereocenters. The summed E-state index contributed by atoms with van der Waals surface area (Å²) < 4.78 is 0. The van der Waals surface area contributed by atoms with Gasteiger partial charge >= 0.3 is 0 Å². The van der Waals surface area contributed by atoms with Gasteiger partial charge in [0.15, 0.2) is 0 Å². The van der Waals surface area contributed by atoms with E-state index in [0.29, 0.717) is 0 Å². The highest BCUT2D eigenvalue weighted by molar-refractivity contribution is 9.09. The molecule has 0 aromatic rings. The highest BCUT2D eigenvalue weighted by Crippen LogP contribution is 1.98. The second-order valence-corrected chi connectivity index (χ2v) is 2.32. The fourth-order valence-electron chi connectivity index (χ4n) is 0.426. The molecule has 43 valence electrons. The van der Waals surface area contributed by atoms with Crippen LogP contribution in [0.4, 0.5) is 0 Å². The Bertz CT molecular complexity index is 23.4. The van der Waals surface area contributed by atoms with Crippen molar-refractivity contribution < 1.29 is 0 Å². The van der Waals surface area contributed by atoms with Gasteiger partial charge in [-0.1, -0.05) is 29.3 Å². The van der Waals surface area contributed by atoms with Gasteiger partial charge in [-0.3, -0.25) is 0 Å². The van der Waals surface area contributed by atoms with Crippen LogP contribution in [-0.2, 0) is 0 Å². The van der Waals surface area contributed by atoms with Gasteiger partial charge in [0.1, 0.15) is 0 Å². The van der Waals surface area contributed by atoms with Crippen molar-refractivity contribution in [2.24, 2.45) is 0 Å². The van der Waals surface area contributed by atoms with Gasteiger partial charge in [0.05, 0.1) is 0 Å². The first-order valence-corrected chi connectivity index (χ1v) is 3.91. The summed E-state index contributed by atoms with van der Waals surface area (Å²) in [5, 5.41) is 1.14. The Balaban J connectivity index is 2.45. The Hall–Kier alpha value is 0.480. The molecule has 0 nitrogen and oxygen atoms in total. The third-order valence-electron chi connectivity index (χ3n) is 0.831. The summed E-state index contributed by atoms with van der Waals surface area (Å²) in [6.45, 7) is 2.17. The molecule has 1 heteroatoms. The molecule has 0 aliphatic heterocycles. The van der Waals surface area contributed by atoms with Crippen molar-refractivity contribution in [3.8, 4) is 0 Å². The van der Waals surface area contributed by atoms with Crippen molar-refractivity contribution in [3.63, 3.8) is 0 Å². The fourth-order valence-corrected chi connectivity index (χ4v) is 0.749. The molecule has 0 fully saturated rings. The van der Waals surface area contributed by atoms with Gasteiger partial charge in [0.25, 0.3) is 0 Å². The van der Waals surface area contributed by atoms with E-state index in [1.807, 2.05) is 0 Å². The average Bonchev–Trinajstić information content (AvgIpc) is 1.69. The van der Waals surface area contributed by atoms with Crippen molar-refractivity contribution in [1.82, 2.24) is 0 Å². The number of hydrogen-bond donors (Lipinski definition) is 0. The van der Waals surface area contributed by atoms with E-state index in [9.17, 15) is 0 Å². The first kappa shape index (κ1) is 7.48. The summed E-state index contributed by atoms with van der Waals surface area (Å²) in [6, 6.07) is 0. The van der Waals surface area contributed by atoms with Gasteiger partial charge in [-0.05, 0) is 19.3 Å². The smallest absolute Gasteiger partial charge is 0.00314 e. The van der Waals surface area contributed by atoms with Crippen LogP contribution in [0.25, 0.3) is 0 Å². The monoisotopic (exact) mass is 163 g/mol. The van der Waals surface area contributed by atoms with E-state index in [0.717, 1.165) is 5.33 Å². The molecule has 0 atom stereocenters. The van der Waals surface area contributed by atoms with E-state index in [-0.39, 0.29) is 0 Å². The van der Waals surface area contributed by atoms with E-state index < -0.39 is 0 Å². The molecular weight excluding hydrogens is 152 g/mol. The van der Waals surface area contributed by atoms with Crippen molar-refractivity contribution in [2.45, 2.75) is 26.2 Å². The van der Waals surface area contributed by atoms with E-state index >= 15 is 0 Å². The van der Waals surface area contributed by atoms with Crippen LogP contribution in [0.15, 0.2) is 0 Å². The number of halogens is 1. The summed E-state index contributed by atoms with van der Waals surface area (Å²) >= 11 is 3.36. The first-order chi connectivity index (χ1) is 3.41. The SMILES string of the molecule is CC[CH]CCCBr. The van der Waals surface area contributed by atoms with Crippen LogP contribution < -0.4 is 0 Å². The van der Waals surface area contributed by atoms with E-state index in [2.05, 4.69) is 29.3 Å². The molecule has 0 aliphatic rings. The molecule has 0 aromatic carbocycles. The Labute approximate surface area is 54.4 Å². The number of alkyl halides is 1. The van der Waals surface area contributed by atoms with Crippen molar-refractivity contribution >= 4 is 15.9 Å². The molecule has 0 heterocycles. The fraction of sp³-hybridized carbons (Fsp3) is 0.833. The van der Waals surface area contributed by atoms with E-state index in [4.69, 9.17) is 0 Å². The Kier molecular flexibility index (Phi) is 6.92. The maximum Gasteiger partial charge on any atom is 0.00314 e. The third-order valence-corrected chi connectivity index (χ3v) is 1.39. The van der Waals surface area contributed by atoms with Crippen LogP contribution in [0.3, 0.4) is 0 Å². The Morgan fingerprint density at radius 3 is 2.71 bits per heavy atom. The minimum Gasteiger partial charge on any atom is -0.0928 e. The second kappa shape index (κ2) is 6.48. The quantitative estimate of drug-likeness (QED) is 0.442. The number of hydrogen-bond acceptors (Lipinski definition) is 0. The summed E-state index contributed by atoms with van der Waals surface area (Å²) in [5.74, 6) is 0. The third kappa shape index (κ3) is 6.48.